The first-order valence-electron chi connectivity index (χ1n) is 6.29. The highest BCUT2D eigenvalue weighted by atomic mass is 16.4. The monoisotopic (exact) mass is 283 g/mol. The van der Waals surface area contributed by atoms with Gasteiger partial charge >= 0.3 is 12.0 Å². The van der Waals surface area contributed by atoms with Crippen LogP contribution in [0.1, 0.15) is 10.5 Å². The van der Waals surface area contributed by atoms with Gasteiger partial charge in [0.15, 0.2) is 5.69 Å². The van der Waals surface area contributed by atoms with Crippen LogP contribution in [-0.2, 0) is 6.54 Å². The predicted octanol–water partition coefficient (Wildman–Crippen LogP) is -0.216. The number of carbonyl (C=O) groups excluding carboxylic acids is 1. The molecule has 0 aliphatic rings. The van der Waals surface area contributed by atoms with E-state index in [1.54, 1.807) is 16.5 Å². The summed E-state index contributed by atoms with van der Waals surface area (Å²) in [7, 11) is 5.63. The smallest absolute Gasteiger partial charge is 0.356 e. The average molecular weight is 283 g/mol. The van der Waals surface area contributed by atoms with Crippen molar-refractivity contribution < 1.29 is 14.7 Å². The molecule has 1 aromatic heterocycles. The van der Waals surface area contributed by atoms with Gasteiger partial charge in [-0.25, -0.2) is 14.6 Å². The predicted molar refractivity (Wildman–Crippen MR) is 73.8 cm³/mol. The number of aromatic carboxylic acids is 1. The summed E-state index contributed by atoms with van der Waals surface area (Å²) in [6.45, 7) is 2.34. The molecule has 8 nitrogen and oxygen atoms in total. The summed E-state index contributed by atoms with van der Waals surface area (Å²) in [5.74, 6) is -1.06. The number of imidazole rings is 1. The number of nitrogens with zero attached hydrogens (tertiary/aromatic N) is 4. The molecule has 0 bridgehead atoms. The first-order chi connectivity index (χ1) is 9.40. The van der Waals surface area contributed by atoms with Gasteiger partial charge in [0.05, 0.1) is 6.33 Å². The highest BCUT2D eigenvalue weighted by molar-refractivity contribution is 5.84. The Hall–Kier alpha value is -2.09. The van der Waals surface area contributed by atoms with Crippen LogP contribution in [0.3, 0.4) is 0 Å². The lowest BCUT2D eigenvalue weighted by atomic mass is 10.5. The molecule has 0 aliphatic heterocycles. The Balaban J connectivity index is 2.28. The molecule has 0 saturated carbocycles. The molecule has 0 fully saturated rings. The lowest BCUT2D eigenvalue weighted by Gasteiger charge is -2.20. The first-order valence-corrected chi connectivity index (χ1v) is 6.29. The van der Waals surface area contributed by atoms with E-state index in [1.165, 1.54) is 12.5 Å². The number of aromatic nitrogens is 2. The molecular formula is C12H21N5O3. The molecule has 0 spiro atoms. The molecule has 1 rings (SSSR count). The van der Waals surface area contributed by atoms with Crippen LogP contribution >= 0.6 is 0 Å². The van der Waals surface area contributed by atoms with Crippen LogP contribution in [0.25, 0.3) is 0 Å². The molecule has 0 saturated heterocycles. The normalized spacial score (nSPS) is 10.6. The number of rotatable bonds is 7. The summed E-state index contributed by atoms with van der Waals surface area (Å²) in [4.78, 5) is 29.7. The fourth-order valence-electron chi connectivity index (χ4n) is 1.47. The van der Waals surface area contributed by atoms with Crippen molar-refractivity contribution in [2.75, 3.05) is 40.8 Å². The zero-order valence-electron chi connectivity index (χ0n) is 12.0. The maximum Gasteiger partial charge on any atom is 0.356 e. The molecule has 2 N–H and O–H groups in total. The first kappa shape index (κ1) is 16.0. The number of nitrogens with one attached hydrogen (secondary N) is 1. The third-order valence-corrected chi connectivity index (χ3v) is 2.73. The second-order valence-electron chi connectivity index (χ2n) is 4.76. The van der Waals surface area contributed by atoms with Gasteiger partial charge in [-0.2, -0.15) is 0 Å². The summed E-state index contributed by atoms with van der Waals surface area (Å²) >= 11 is 0. The average Bonchev–Trinajstić information content (AvgIpc) is 2.84. The number of carboxylic acids is 1. The Morgan fingerprint density at radius 2 is 2.05 bits per heavy atom. The molecule has 8 heteroatoms. The highest BCUT2D eigenvalue weighted by Gasteiger charge is 2.09. The van der Waals surface area contributed by atoms with Crippen molar-refractivity contribution in [3.05, 3.63) is 18.2 Å². The van der Waals surface area contributed by atoms with Gasteiger partial charge in [0.2, 0.25) is 0 Å². The van der Waals surface area contributed by atoms with Crippen LogP contribution in [0.15, 0.2) is 12.5 Å². The molecule has 1 aromatic rings. The van der Waals surface area contributed by atoms with E-state index in [9.17, 15) is 9.59 Å². The van der Waals surface area contributed by atoms with Gasteiger partial charge in [-0.3, -0.25) is 0 Å². The molecule has 112 valence electrons. The van der Waals surface area contributed by atoms with Gasteiger partial charge in [-0.1, -0.05) is 0 Å². The van der Waals surface area contributed by atoms with Crippen molar-refractivity contribution in [2.45, 2.75) is 6.54 Å². The Morgan fingerprint density at radius 3 is 2.60 bits per heavy atom. The number of amides is 2. The molecule has 0 atom stereocenters. The number of carbonyl (C=O) groups is 2. The van der Waals surface area contributed by atoms with E-state index in [4.69, 9.17) is 5.11 Å². The fourth-order valence-corrected chi connectivity index (χ4v) is 1.47. The summed E-state index contributed by atoms with van der Waals surface area (Å²) in [6.07, 6.45) is 2.87. The standard InChI is InChI=1S/C12H21N5O3/c1-15(2)6-7-16(3)12(20)13-4-5-17-8-10(11(18)19)14-9-17/h8-9H,4-7H2,1-3H3,(H,13,20)(H,18,19). The van der Waals surface area contributed by atoms with Crippen LogP contribution in [0.2, 0.25) is 0 Å². The van der Waals surface area contributed by atoms with Gasteiger partial charge in [-0.15, -0.1) is 0 Å². The number of hydrogen-bond donors (Lipinski definition) is 2. The second-order valence-corrected chi connectivity index (χ2v) is 4.76. The van der Waals surface area contributed by atoms with Crippen molar-refractivity contribution in [1.29, 1.82) is 0 Å². The van der Waals surface area contributed by atoms with E-state index in [2.05, 4.69) is 10.3 Å². The van der Waals surface area contributed by atoms with Crippen molar-refractivity contribution in [3.8, 4) is 0 Å². The molecular weight excluding hydrogens is 262 g/mol. The quantitative estimate of drug-likeness (QED) is 0.722. The van der Waals surface area contributed by atoms with E-state index in [1.807, 2.05) is 19.0 Å². The third kappa shape index (κ3) is 5.27. The van der Waals surface area contributed by atoms with Crippen molar-refractivity contribution in [3.63, 3.8) is 0 Å². The summed E-state index contributed by atoms with van der Waals surface area (Å²) < 4.78 is 1.63. The van der Waals surface area contributed by atoms with Gasteiger partial charge in [0, 0.05) is 39.4 Å². The van der Waals surface area contributed by atoms with Crippen LogP contribution in [-0.4, -0.2) is 77.2 Å². The Morgan fingerprint density at radius 1 is 1.35 bits per heavy atom. The summed E-state index contributed by atoms with van der Waals surface area (Å²) in [5.41, 5.74) is -0.000530. The van der Waals surface area contributed by atoms with Crippen LogP contribution in [0.4, 0.5) is 4.79 Å². The van der Waals surface area contributed by atoms with Crippen molar-refractivity contribution >= 4 is 12.0 Å². The largest absolute Gasteiger partial charge is 0.476 e. The molecule has 20 heavy (non-hydrogen) atoms. The van der Waals surface area contributed by atoms with E-state index in [0.29, 0.717) is 19.6 Å². The van der Waals surface area contributed by atoms with E-state index < -0.39 is 5.97 Å². The maximum atomic E-state index is 11.7. The number of urea groups is 1. The van der Waals surface area contributed by atoms with E-state index in [-0.39, 0.29) is 11.7 Å². The van der Waals surface area contributed by atoms with Crippen LogP contribution in [0, 0.1) is 0 Å². The maximum absolute atomic E-state index is 11.7. The Labute approximate surface area is 118 Å². The minimum Gasteiger partial charge on any atom is -0.476 e. The highest BCUT2D eigenvalue weighted by Crippen LogP contribution is 1.95. The van der Waals surface area contributed by atoms with Crippen LogP contribution < -0.4 is 5.32 Å². The molecule has 0 aliphatic carbocycles. The van der Waals surface area contributed by atoms with Gasteiger partial charge in [0.25, 0.3) is 0 Å². The van der Waals surface area contributed by atoms with E-state index in [0.717, 1.165) is 6.54 Å². The van der Waals surface area contributed by atoms with Gasteiger partial charge < -0.3 is 24.8 Å². The topological polar surface area (TPSA) is 90.7 Å². The Kier molecular flexibility index (Phi) is 5.98. The molecule has 0 unspecified atom stereocenters. The number of carboxylic acid groups (broad SMARTS) is 1. The van der Waals surface area contributed by atoms with E-state index >= 15 is 0 Å². The molecule has 0 radical (unpaired) electrons. The summed E-state index contributed by atoms with van der Waals surface area (Å²) in [5, 5.41) is 11.5. The van der Waals surface area contributed by atoms with Gasteiger partial charge in [-0.05, 0) is 14.1 Å². The van der Waals surface area contributed by atoms with Crippen molar-refractivity contribution in [2.24, 2.45) is 0 Å². The molecule has 1 heterocycles. The third-order valence-electron chi connectivity index (χ3n) is 2.73. The molecule has 2 amide bonds. The zero-order valence-corrected chi connectivity index (χ0v) is 12.0. The SMILES string of the molecule is CN(C)CCN(C)C(=O)NCCn1cnc(C(=O)O)c1. The number of likely N-dealkylation sites (N-methyl/N-ethyl adjacent to an activating group) is 2. The van der Waals surface area contributed by atoms with Crippen LogP contribution in [0.5, 0.6) is 0 Å². The van der Waals surface area contributed by atoms with Crippen molar-refractivity contribution in [1.82, 2.24) is 24.7 Å². The lowest BCUT2D eigenvalue weighted by Crippen LogP contribution is -2.41. The zero-order chi connectivity index (χ0) is 15.1. The minimum atomic E-state index is -1.06. The van der Waals surface area contributed by atoms with Gasteiger partial charge in [0.1, 0.15) is 0 Å². The molecule has 0 aromatic carbocycles. The number of hydrogen-bond acceptors (Lipinski definition) is 4. The lowest BCUT2D eigenvalue weighted by molar-refractivity contribution is 0.0691. The summed E-state index contributed by atoms with van der Waals surface area (Å²) in [6, 6.07) is -0.148. The fraction of sp³-hybridized carbons (Fsp3) is 0.583. The second kappa shape index (κ2) is 7.49. The Bertz CT molecular complexity index is 458. The minimum absolute atomic E-state index is 0.000530.